The predicted molar refractivity (Wildman–Crippen MR) is 87.9 cm³/mol. The Balaban J connectivity index is 0.00000220. The van der Waals surface area contributed by atoms with Crippen LogP contribution in [0.4, 0.5) is 0 Å². The first-order valence-corrected chi connectivity index (χ1v) is 7.18. The van der Waals surface area contributed by atoms with E-state index in [0.717, 1.165) is 18.4 Å². The molecule has 0 fully saturated rings. The molecular weight excluding hydrogens is 286 g/mol. The molecular formula is C17H24ClNO2. The SMILES string of the molecule is CCOC(=O)[C@@]1(c2ccccc2)CCC=C[C@@H]1N(C)C.Cl. The lowest BCUT2D eigenvalue weighted by molar-refractivity contribution is -0.152. The molecule has 1 aliphatic carbocycles. The van der Waals surface area contributed by atoms with Crippen LogP contribution in [0.5, 0.6) is 0 Å². The minimum Gasteiger partial charge on any atom is -0.465 e. The van der Waals surface area contributed by atoms with E-state index in [-0.39, 0.29) is 24.4 Å². The molecule has 0 spiro atoms. The lowest BCUT2D eigenvalue weighted by Crippen LogP contribution is -2.54. The van der Waals surface area contributed by atoms with Crippen LogP contribution in [0, 0.1) is 0 Å². The van der Waals surface area contributed by atoms with Gasteiger partial charge in [0.15, 0.2) is 0 Å². The third-order valence-electron chi connectivity index (χ3n) is 4.01. The van der Waals surface area contributed by atoms with Gasteiger partial charge in [0.2, 0.25) is 0 Å². The van der Waals surface area contributed by atoms with Crippen molar-refractivity contribution in [3.05, 3.63) is 48.0 Å². The second kappa shape index (κ2) is 7.62. The molecule has 0 aliphatic heterocycles. The summed E-state index contributed by atoms with van der Waals surface area (Å²) in [5, 5.41) is 0. The fraction of sp³-hybridized carbons (Fsp3) is 0.471. The number of hydrogen-bond acceptors (Lipinski definition) is 3. The van der Waals surface area contributed by atoms with Gasteiger partial charge in [-0.2, -0.15) is 0 Å². The number of ether oxygens (including phenoxy) is 1. The maximum absolute atomic E-state index is 12.8. The van der Waals surface area contributed by atoms with Crippen molar-refractivity contribution < 1.29 is 9.53 Å². The van der Waals surface area contributed by atoms with Crippen molar-refractivity contribution in [2.75, 3.05) is 20.7 Å². The molecule has 2 rings (SSSR count). The summed E-state index contributed by atoms with van der Waals surface area (Å²) in [5.41, 5.74) is 0.441. The summed E-state index contributed by atoms with van der Waals surface area (Å²) in [4.78, 5) is 14.8. The monoisotopic (exact) mass is 309 g/mol. The van der Waals surface area contributed by atoms with Crippen LogP contribution in [0.1, 0.15) is 25.3 Å². The second-order valence-corrected chi connectivity index (χ2v) is 5.43. The predicted octanol–water partition coefficient (Wildman–Crippen LogP) is 3.19. The largest absolute Gasteiger partial charge is 0.465 e. The van der Waals surface area contributed by atoms with Crippen molar-refractivity contribution in [1.82, 2.24) is 4.90 Å². The van der Waals surface area contributed by atoms with E-state index >= 15 is 0 Å². The van der Waals surface area contributed by atoms with Gasteiger partial charge in [-0.15, -0.1) is 12.4 Å². The number of nitrogens with zero attached hydrogens (tertiary/aromatic N) is 1. The van der Waals surface area contributed by atoms with Gasteiger partial charge in [0.05, 0.1) is 6.61 Å². The Kier molecular flexibility index (Phi) is 6.43. The van der Waals surface area contributed by atoms with Crippen molar-refractivity contribution in [1.29, 1.82) is 0 Å². The topological polar surface area (TPSA) is 29.5 Å². The summed E-state index contributed by atoms with van der Waals surface area (Å²) in [6.45, 7) is 2.28. The fourth-order valence-electron chi connectivity index (χ4n) is 3.11. The Bertz CT molecular complexity index is 487. The number of carbonyl (C=O) groups is 1. The van der Waals surface area contributed by atoms with Crippen molar-refractivity contribution in [3.63, 3.8) is 0 Å². The minimum atomic E-state index is -0.602. The Morgan fingerprint density at radius 2 is 2.00 bits per heavy atom. The van der Waals surface area contributed by atoms with Crippen LogP contribution in [0.15, 0.2) is 42.5 Å². The van der Waals surface area contributed by atoms with Crippen LogP contribution in [0.3, 0.4) is 0 Å². The molecule has 0 bridgehead atoms. The number of likely N-dealkylation sites (N-methyl/N-ethyl adjacent to an activating group) is 1. The minimum absolute atomic E-state index is 0. The molecule has 116 valence electrons. The molecule has 0 saturated heterocycles. The summed E-state index contributed by atoms with van der Waals surface area (Å²) in [7, 11) is 4.02. The van der Waals surface area contributed by atoms with Crippen LogP contribution >= 0.6 is 12.4 Å². The zero-order valence-electron chi connectivity index (χ0n) is 12.9. The molecule has 0 heterocycles. The number of hydrogen-bond donors (Lipinski definition) is 0. The average Bonchev–Trinajstić information content (AvgIpc) is 2.48. The van der Waals surface area contributed by atoms with E-state index in [9.17, 15) is 4.79 Å². The van der Waals surface area contributed by atoms with E-state index in [1.54, 1.807) is 0 Å². The molecule has 3 nitrogen and oxygen atoms in total. The number of rotatable bonds is 4. The van der Waals surface area contributed by atoms with Crippen molar-refractivity contribution in [3.8, 4) is 0 Å². The molecule has 1 aromatic carbocycles. The number of esters is 1. The van der Waals surface area contributed by atoms with Gasteiger partial charge in [-0.3, -0.25) is 4.79 Å². The van der Waals surface area contributed by atoms with E-state index in [1.165, 1.54) is 0 Å². The molecule has 0 unspecified atom stereocenters. The van der Waals surface area contributed by atoms with Crippen molar-refractivity contribution >= 4 is 18.4 Å². The van der Waals surface area contributed by atoms with E-state index in [1.807, 2.05) is 51.4 Å². The highest BCUT2D eigenvalue weighted by Crippen LogP contribution is 2.40. The summed E-state index contributed by atoms with van der Waals surface area (Å²) < 4.78 is 5.42. The lowest BCUT2D eigenvalue weighted by Gasteiger charge is -2.42. The first-order valence-electron chi connectivity index (χ1n) is 7.18. The lowest BCUT2D eigenvalue weighted by atomic mass is 9.68. The molecule has 4 heteroatoms. The molecule has 0 amide bonds. The molecule has 2 atom stereocenters. The molecule has 0 aromatic heterocycles. The zero-order valence-corrected chi connectivity index (χ0v) is 13.7. The van der Waals surface area contributed by atoms with Gasteiger partial charge in [-0.1, -0.05) is 42.5 Å². The van der Waals surface area contributed by atoms with Crippen molar-refractivity contribution in [2.24, 2.45) is 0 Å². The first-order chi connectivity index (χ1) is 9.63. The van der Waals surface area contributed by atoms with Crippen LogP contribution in [0.2, 0.25) is 0 Å². The van der Waals surface area contributed by atoms with E-state index < -0.39 is 5.41 Å². The standard InChI is InChI=1S/C17H23NO2.ClH/c1-4-20-16(19)17(14-10-6-5-7-11-14)13-9-8-12-15(17)18(2)3;/h5-8,10-12,15H,4,9,13H2,1-3H3;1H/t15-,17+;/m0./s1. The van der Waals surface area contributed by atoms with E-state index in [2.05, 4.69) is 17.1 Å². The maximum atomic E-state index is 12.8. The van der Waals surface area contributed by atoms with Gasteiger partial charge in [-0.05, 0) is 39.4 Å². The molecule has 21 heavy (non-hydrogen) atoms. The van der Waals surface area contributed by atoms with Crippen LogP contribution < -0.4 is 0 Å². The van der Waals surface area contributed by atoms with Crippen LogP contribution in [-0.4, -0.2) is 37.6 Å². The van der Waals surface area contributed by atoms with E-state index in [0.29, 0.717) is 6.61 Å². The third-order valence-corrected chi connectivity index (χ3v) is 4.01. The third kappa shape index (κ3) is 3.30. The van der Waals surface area contributed by atoms with Gasteiger partial charge in [0.1, 0.15) is 5.41 Å². The Morgan fingerprint density at radius 3 is 2.57 bits per heavy atom. The smallest absolute Gasteiger partial charge is 0.318 e. The van der Waals surface area contributed by atoms with Gasteiger partial charge in [0, 0.05) is 6.04 Å². The first kappa shape index (κ1) is 17.7. The highest BCUT2D eigenvalue weighted by atomic mass is 35.5. The summed E-state index contributed by atoms with van der Waals surface area (Å²) in [6.07, 6.45) is 5.98. The zero-order chi connectivity index (χ0) is 14.6. The summed E-state index contributed by atoms with van der Waals surface area (Å²) in [5.74, 6) is -0.116. The number of benzene rings is 1. The highest BCUT2D eigenvalue weighted by molar-refractivity contribution is 5.85. The van der Waals surface area contributed by atoms with Crippen LogP contribution in [0.25, 0.3) is 0 Å². The van der Waals surface area contributed by atoms with E-state index in [4.69, 9.17) is 4.74 Å². The van der Waals surface area contributed by atoms with Gasteiger partial charge < -0.3 is 9.64 Å². The molecule has 0 N–H and O–H groups in total. The van der Waals surface area contributed by atoms with Crippen molar-refractivity contribution in [2.45, 2.75) is 31.2 Å². The Morgan fingerprint density at radius 1 is 1.33 bits per heavy atom. The summed E-state index contributed by atoms with van der Waals surface area (Å²) in [6, 6.07) is 10.0. The number of allylic oxidation sites excluding steroid dienone is 1. The Labute approximate surface area is 133 Å². The summed E-state index contributed by atoms with van der Waals surface area (Å²) >= 11 is 0. The van der Waals surface area contributed by atoms with Gasteiger partial charge in [-0.25, -0.2) is 0 Å². The number of halogens is 1. The maximum Gasteiger partial charge on any atom is 0.318 e. The molecule has 0 saturated carbocycles. The van der Waals surface area contributed by atoms with Gasteiger partial charge in [0.25, 0.3) is 0 Å². The molecule has 1 aliphatic rings. The quantitative estimate of drug-likeness (QED) is 0.632. The van der Waals surface area contributed by atoms with Gasteiger partial charge >= 0.3 is 5.97 Å². The fourth-order valence-corrected chi connectivity index (χ4v) is 3.11. The van der Waals surface area contributed by atoms with Crippen LogP contribution in [-0.2, 0) is 14.9 Å². The average molecular weight is 310 g/mol. The highest BCUT2D eigenvalue weighted by Gasteiger charge is 2.49. The normalized spacial score (nSPS) is 24.5. The second-order valence-electron chi connectivity index (χ2n) is 5.43. The molecule has 1 aromatic rings. The Hall–Kier alpha value is -1.32. The number of carbonyl (C=O) groups excluding carboxylic acids is 1. The molecule has 0 radical (unpaired) electrons.